The molecular formula is C19H20F2N2O3. The fourth-order valence-corrected chi connectivity index (χ4v) is 2.13. The lowest BCUT2D eigenvalue weighted by atomic mass is 10.1. The molecule has 0 saturated heterocycles. The highest BCUT2D eigenvalue weighted by Crippen LogP contribution is 2.24. The number of carbonyl (C=O) groups excluding carboxylic acids is 1. The van der Waals surface area contributed by atoms with Crippen molar-refractivity contribution in [1.82, 2.24) is 10.9 Å². The summed E-state index contributed by atoms with van der Waals surface area (Å²) >= 11 is 0. The van der Waals surface area contributed by atoms with Gasteiger partial charge in [0, 0.05) is 5.56 Å². The van der Waals surface area contributed by atoms with E-state index in [4.69, 9.17) is 4.74 Å². The first-order valence-electron chi connectivity index (χ1n) is 7.99. The standard InChI is InChI=1S/C19H20F2N2O3/c1-3-14-8-10-15(11-9-14)25-12-18(24)23-22-13(2)16-6-4-5-7-17(16)26-19(20)21/h4-11,19,22H,2-3,12H2,1H3,(H,23,24). The van der Waals surface area contributed by atoms with E-state index >= 15 is 0 Å². The zero-order valence-electron chi connectivity index (χ0n) is 14.3. The number of carbonyl (C=O) groups is 1. The topological polar surface area (TPSA) is 59.6 Å². The number of para-hydroxylation sites is 1. The van der Waals surface area contributed by atoms with Crippen LogP contribution in [0, 0.1) is 0 Å². The second-order valence-corrected chi connectivity index (χ2v) is 5.31. The van der Waals surface area contributed by atoms with Gasteiger partial charge in [-0.25, -0.2) is 0 Å². The molecule has 0 bridgehead atoms. The third kappa shape index (κ3) is 5.77. The minimum absolute atomic E-state index is 0.0403. The van der Waals surface area contributed by atoms with Crippen LogP contribution >= 0.6 is 0 Å². The van der Waals surface area contributed by atoms with Crippen molar-refractivity contribution in [2.24, 2.45) is 0 Å². The number of rotatable bonds is 9. The largest absolute Gasteiger partial charge is 0.484 e. The van der Waals surface area contributed by atoms with Crippen LogP contribution in [0.25, 0.3) is 5.70 Å². The summed E-state index contributed by atoms with van der Waals surface area (Å²) in [5, 5.41) is 0. The smallest absolute Gasteiger partial charge is 0.387 e. The van der Waals surface area contributed by atoms with Crippen molar-refractivity contribution in [2.75, 3.05) is 6.61 Å². The van der Waals surface area contributed by atoms with E-state index in [0.29, 0.717) is 11.3 Å². The van der Waals surface area contributed by atoms with Gasteiger partial charge in [0.15, 0.2) is 6.61 Å². The Morgan fingerprint density at radius 2 is 1.81 bits per heavy atom. The number of hydrazine groups is 1. The number of amides is 1. The molecule has 2 rings (SSSR count). The van der Waals surface area contributed by atoms with Crippen LogP contribution in [0.5, 0.6) is 11.5 Å². The quantitative estimate of drug-likeness (QED) is 0.670. The molecule has 0 saturated carbocycles. The Bertz CT molecular complexity index is 749. The normalized spacial score (nSPS) is 10.3. The fraction of sp³-hybridized carbons (Fsp3) is 0.211. The number of nitrogens with one attached hydrogen (secondary N) is 2. The van der Waals surface area contributed by atoms with Crippen LogP contribution in [0.3, 0.4) is 0 Å². The molecule has 5 nitrogen and oxygen atoms in total. The van der Waals surface area contributed by atoms with Crippen molar-refractivity contribution in [3.05, 3.63) is 66.2 Å². The molecule has 1 amide bonds. The van der Waals surface area contributed by atoms with Gasteiger partial charge in [0.25, 0.3) is 5.91 Å². The van der Waals surface area contributed by atoms with Gasteiger partial charge in [-0.1, -0.05) is 37.8 Å². The maximum absolute atomic E-state index is 12.4. The van der Waals surface area contributed by atoms with E-state index in [0.717, 1.165) is 6.42 Å². The molecule has 0 unspecified atom stereocenters. The number of benzene rings is 2. The Labute approximate surface area is 150 Å². The molecule has 0 radical (unpaired) electrons. The summed E-state index contributed by atoms with van der Waals surface area (Å²) in [5.74, 6) is 0.0892. The molecule has 138 valence electrons. The van der Waals surface area contributed by atoms with E-state index in [1.807, 2.05) is 19.1 Å². The number of halogens is 2. The van der Waals surface area contributed by atoms with Crippen LogP contribution in [0.4, 0.5) is 8.78 Å². The van der Waals surface area contributed by atoms with Crippen LogP contribution < -0.4 is 20.3 Å². The summed E-state index contributed by atoms with van der Waals surface area (Å²) in [6.07, 6.45) is 0.920. The zero-order chi connectivity index (χ0) is 18.9. The van der Waals surface area contributed by atoms with Crippen LogP contribution in [-0.4, -0.2) is 19.1 Å². The SMILES string of the molecule is C=C(NNC(=O)COc1ccc(CC)cc1)c1ccccc1OC(F)F. The van der Waals surface area contributed by atoms with Crippen molar-refractivity contribution in [3.8, 4) is 11.5 Å². The number of hydrogen-bond acceptors (Lipinski definition) is 4. The van der Waals surface area contributed by atoms with Gasteiger partial charge in [0.1, 0.15) is 11.5 Å². The molecular weight excluding hydrogens is 342 g/mol. The van der Waals surface area contributed by atoms with Gasteiger partial charge >= 0.3 is 6.61 Å². The summed E-state index contributed by atoms with van der Waals surface area (Å²) in [4.78, 5) is 11.8. The Morgan fingerprint density at radius 3 is 2.46 bits per heavy atom. The first kappa shape index (κ1) is 19.2. The van der Waals surface area contributed by atoms with Gasteiger partial charge in [-0.3, -0.25) is 15.6 Å². The van der Waals surface area contributed by atoms with Crippen LogP contribution in [0.1, 0.15) is 18.1 Å². The van der Waals surface area contributed by atoms with Crippen LogP contribution in [0.15, 0.2) is 55.1 Å². The second kappa shape index (κ2) is 9.41. The lowest BCUT2D eigenvalue weighted by molar-refractivity contribution is -0.123. The Hall–Kier alpha value is -3.09. The van der Waals surface area contributed by atoms with E-state index in [-0.39, 0.29) is 18.1 Å². The highest BCUT2D eigenvalue weighted by atomic mass is 19.3. The third-order valence-electron chi connectivity index (χ3n) is 3.48. The maximum Gasteiger partial charge on any atom is 0.387 e. The monoisotopic (exact) mass is 362 g/mol. The van der Waals surface area contributed by atoms with E-state index < -0.39 is 12.5 Å². The van der Waals surface area contributed by atoms with Crippen LogP contribution in [-0.2, 0) is 11.2 Å². The first-order chi connectivity index (χ1) is 12.5. The number of aryl methyl sites for hydroxylation is 1. The van der Waals surface area contributed by atoms with Crippen molar-refractivity contribution < 1.29 is 23.0 Å². The minimum atomic E-state index is -2.95. The molecule has 0 aliphatic carbocycles. The Morgan fingerprint density at radius 1 is 1.12 bits per heavy atom. The van der Waals surface area contributed by atoms with E-state index in [9.17, 15) is 13.6 Å². The third-order valence-corrected chi connectivity index (χ3v) is 3.48. The molecule has 26 heavy (non-hydrogen) atoms. The molecule has 2 aromatic carbocycles. The lowest BCUT2D eigenvalue weighted by Gasteiger charge is -2.15. The summed E-state index contributed by atoms with van der Waals surface area (Å²) in [7, 11) is 0. The van der Waals surface area contributed by atoms with E-state index in [1.54, 1.807) is 30.3 Å². The van der Waals surface area contributed by atoms with Gasteiger partial charge in [-0.2, -0.15) is 8.78 Å². The maximum atomic E-state index is 12.4. The van der Waals surface area contributed by atoms with Crippen molar-refractivity contribution in [2.45, 2.75) is 20.0 Å². The van der Waals surface area contributed by atoms with Gasteiger partial charge in [-0.05, 0) is 36.2 Å². The molecule has 0 heterocycles. The predicted octanol–water partition coefficient (Wildman–Crippen LogP) is 3.52. The number of alkyl halides is 2. The highest BCUT2D eigenvalue weighted by Gasteiger charge is 2.12. The predicted molar refractivity (Wildman–Crippen MR) is 94.7 cm³/mol. The minimum Gasteiger partial charge on any atom is -0.484 e. The molecule has 0 aliphatic rings. The molecule has 0 atom stereocenters. The average Bonchev–Trinajstić information content (AvgIpc) is 2.64. The molecule has 7 heteroatoms. The van der Waals surface area contributed by atoms with Crippen molar-refractivity contribution in [3.63, 3.8) is 0 Å². The second-order valence-electron chi connectivity index (χ2n) is 5.31. The van der Waals surface area contributed by atoms with Crippen molar-refractivity contribution in [1.29, 1.82) is 0 Å². The average molecular weight is 362 g/mol. The van der Waals surface area contributed by atoms with Gasteiger partial charge in [-0.15, -0.1) is 0 Å². The van der Waals surface area contributed by atoms with Gasteiger partial charge < -0.3 is 9.47 Å². The van der Waals surface area contributed by atoms with Gasteiger partial charge in [0.05, 0.1) is 5.70 Å². The summed E-state index contributed by atoms with van der Waals surface area (Å²) < 4.78 is 34.7. The summed E-state index contributed by atoms with van der Waals surface area (Å²) in [6, 6.07) is 13.6. The lowest BCUT2D eigenvalue weighted by Crippen LogP contribution is -2.39. The highest BCUT2D eigenvalue weighted by molar-refractivity contribution is 5.79. The van der Waals surface area contributed by atoms with E-state index in [1.165, 1.54) is 11.6 Å². The first-order valence-corrected chi connectivity index (χ1v) is 7.99. The molecule has 0 spiro atoms. The number of ether oxygens (including phenoxy) is 2. The summed E-state index contributed by atoms with van der Waals surface area (Å²) in [6.45, 7) is 2.60. The molecule has 2 N–H and O–H groups in total. The molecule has 0 aliphatic heterocycles. The zero-order valence-corrected chi connectivity index (χ0v) is 14.3. The van der Waals surface area contributed by atoms with E-state index in [2.05, 4.69) is 22.2 Å². The van der Waals surface area contributed by atoms with Gasteiger partial charge in [0.2, 0.25) is 0 Å². The molecule has 0 fully saturated rings. The van der Waals surface area contributed by atoms with Crippen LogP contribution in [0.2, 0.25) is 0 Å². The Kier molecular flexibility index (Phi) is 6.96. The van der Waals surface area contributed by atoms with Crippen molar-refractivity contribution >= 4 is 11.6 Å². The molecule has 0 aromatic heterocycles. The fourth-order valence-electron chi connectivity index (χ4n) is 2.13. The number of hydrogen-bond donors (Lipinski definition) is 2. The Balaban J connectivity index is 1.84. The molecule has 2 aromatic rings. The summed E-state index contributed by atoms with van der Waals surface area (Å²) in [5.41, 5.74) is 6.66.